The fourth-order valence-electron chi connectivity index (χ4n) is 1.58. The lowest BCUT2D eigenvalue weighted by Crippen LogP contribution is -2.00. The maximum absolute atomic E-state index is 9.21. The highest BCUT2D eigenvalue weighted by molar-refractivity contribution is 5.65. The van der Waals surface area contributed by atoms with Gasteiger partial charge < -0.3 is 15.4 Å². The van der Waals surface area contributed by atoms with Gasteiger partial charge in [-0.15, -0.1) is 0 Å². The number of benzene rings is 1. The van der Waals surface area contributed by atoms with Gasteiger partial charge in [0.05, 0.1) is 6.20 Å². The maximum Gasteiger partial charge on any atom is 0.144 e. The molecule has 1 heterocycles. The molecule has 0 saturated heterocycles. The molecule has 2 aromatic rings. The molecule has 0 amide bonds. The van der Waals surface area contributed by atoms with Gasteiger partial charge in [0.25, 0.3) is 0 Å². The van der Waals surface area contributed by atoms with Crippen molar-refractivity contribution in [2.24, 2.45) is 5.73 Å². The molecule has 0 bridgehead atoms. The Morgan fingerprint density at radius 3 is 2.69 bits per heavy atom. The quantitative estimate of drug-likeness (QED) is 0.822. The summed E-state index contributed by atoms with van der Waals surface area (Å²) in [6.07, 6.45) is 3.35. The first-order valence-corrected chi connectivity index (χ1v) is 5.24. The number of nitrogens with zero attached hydrogens (tertiary/aromatic N) is 1. The van der Waals surface area contributed by atoms with Crippen molar-refractivity contribution in [3.05, 3.63) is 36.2 Å². The lowest BCUT2D eigenvalue weighted by Gasteiger charge is -2.00. The molecule has 0 aliphatic carbocycles. The van der Waals surface area contributed by atoms with Crippen LogP contribution in [0.1, 0.15) is 12.2 Å². The summed E-state index contributed by atoms with van der Waals surface area (Å²) in [7, 11) is 0. The van der Waals surface area contributed by atoms with Gasteiger partial charge in [-0.1, -0.05) is 17.3 Å². The van der Waals surface area contributed by atoms with Crippen molar-refractivity contribution < 1.29 is 9.63 Å². The Kier molecular flexibility index (Phi) is 3.22. The summed E-state index contributed by atoms with van der Waals surface area (Å²) in [5, 5.41) is 13.0. The Hall–Kier alpha value is -1.81. The number of rotatable bonds is 4. The maximum atomic E-state index is 9.21. The molecule has 0 atom stereocenters. The van der Waals surface area contributed by atoms with E-state index in [0.717, 1.165) is 29.7 Å². The summed E-state index contributed by atoms with van der Waals surface area (Å²) in [6.45, 7) is 0.635. The lowest BCUT2D eigenvalue weighted by molar-refractivity contribution is 0.382. The molecular weight excluding hydrogens is 204 g/mol. The third-order valence-electron chi connectivity index (χ3n) is 2.43. The molecule has 2 rings (SSSR count). The Labute approximate surface area is 93.7 Å². The molecular formula is C12H14N2O2. The minimum atomic E-state index is 0.253. The summed E-state index contributed by atoms with van der Waals surface area (Å²) in [6, 6.07) is 6.98. The number of phenolic OH excluding ortho intramolecular Hbond substituents is 1. The molecule has 0 spiro atoms. The van der Waals surface area contributed by atoms with Crippen LogP contribution in [0.15, 0.2) is 35.0 Å². The molecule has 0 fully saturated rings. The average Bonchev–Trinajstić information content (AvgIpc) is 2.75. The van der Waals surface area contributed by atoms with Crippen molar-refractivity contribution in [3.8, 4) is 16.9 Å². The van der Waals surface area contributed by atoms with E-state index in [2.05, 4.69) is 5.16 Å². The molecule has 0 radical (unpaired) electrons. The van der Waals surface area contributed by atoms with E-state index in [1.807, 2.05) is 12.1 Å². The second-order valence-corrected chi connectivity index (χ2v) is 3.60. The Bertz CT molecular complexity index is 448. The number of nitrogens with two attached hydrogens (primary N) is 1. The van der Waals surface area contributed by atoms with Gasteiger partial charge in [-0.05, 0) is 30.7 Å². The molecule has 0 saturated carbocycles. The van der Waals surface area contributed by atoms with E-state index in [-0.39, 0.29) is 5.75 Å². The predicted molar refractivity (Wildman–Crippen MR) is 61.0 cm³/mol. The first-order valence-electron chi connectivity index (χ1n) is 5.24. The fraction of sp³-hybridized carbons (Fsp3) is 0.250. The van der Waals surface area contributed by atoms with Crippen LogP contribution in [0.3, 0.4) is 0 Å². The molecule has 1 aromatic carbocycles. The van der Waals surface area contributed by atoms with Crippen molar-refractivity contribution >= 4 is 0 Å². The second kappa shape index (κ2) is 4.81. The third kappa shape index (κ3) is 2.23. The zero-order valence-corrected chi connectivity index (χ0v) is 8.89. The van der Waals surface area contributed by atoms with Gasteiger partial charge in [0.2, 0.25) is 0 Å². The zero-order valence-electron chi connectivity index (χ0n) is 8.89. The highest BCUT2D eigenvalue weighted by Crippen LogP contribution is 2.25. The average molecular weight is 218 g/mol. The van der Waals surface area contributed by atoms with Crippen LogP contribution in [-0.2, 0) is 6.42 Å². The first kappa shape index (κ1) is 10.7. The minimum absolute atomic E-state index is 0.253. The van der Waals surface area contributed by atoms with Crippen LogP contribution in [0.25, 0.3) is 11.1 Å². The van der Waals surface area contributed by atoms with E-state index in [0.29, 0.717) is 6.54 Å². The van der Waals surface area contributed by atoms with Crippen molar-refractivity contribution in [2.45, 2.75) is 12.8 Å². The van der Waals surface area contributed by atoms with Gasteiger partial charge >= 0.3 is 0 Å². The van der Waals surface area contributed by atoms with E-state index in [4.69, 9.17) is 10.3 Å². The number of phenols is 1. The Morgan fingerprint density at radius 1 is 1.25 bits per heavy atom. The summed E-state index contributed by atoms with van der Waals surface area (Å²) >= 11 is 0. The standard InChI is InChI=1S/C12H14N2O2/c13-7-1-2-12-11(8-14-16-12)9-3-5-10(15)6-4-9/h3-6,8,15H,1-2,7,13H2. The van der Waals surface area contributed by atoms with E-state index in [1.165, 1.54) is 0 Å². The summed E-state index contributed by atoms with van der Waals surface area (Å²) < 4.78 is 5.18. The van der Waals surface area contributed by atoms with Crippen molar-refractivity contribution in [1.29, 1.82) is 0 Å². The van der Waals surface area contributed by atoms with Crippen LogP contribution in [0.5, 0.6) is 5.75 Å². The van der Waals surface area contributed by atoms with Crippen LogP contribution < -0.4 is 5.73 Å². The minimum Gasteiger partial charge on any atom is -0.508 e. The second-order valence-electron chi connectivity index (χ2n) is 3.60. The summed E-state index contributed by atoms with van der Waals surface area (Å²) in [4.78, 5) is 0. The van der Waals surface area contributed by atoms with E-state index < -0.39 is 0 Å². The van der Waals surface area contributed by atoms with Crippen LogP contribution >= 0.6 is 0 Å². The fourth-order valence-corrected chi connectivity index (χ4v) is 1.58. The SMILES string of the molecule is NCCCc1oncc1-c1ccc(O)cc1. The highest BCUT2D eigenvalue weighted by atomic mass is 16.5. The van der Waals surface area contributed by atoms with Crippen LogP contribution in [0.4, 0.5) is 0 Å². The van der Waals surface area contributed by atoms with Gasteiger partial charge in [0, 0.05) is 12.0 Å². The largest absolute Gasteiger partial charge is 0.508 e. The van der Waals surface area contributed by atoms with Crippen molar-refractivity contribution in [3.63, 3.8) is 0 Å². The lowest BCUT2D eigenvalue weighted by atomic mass is 10.0. The number of aromatic nitrogens is 1. The number of aryl methyl sites for hydroxylation is 1. The normalized spacial score (nSPS) is 10.6. The molecule has 4 nitrogen and oxygen atoms in total. The smallest absolute Gasteiger partial charge is 0.144 e. The molecule has 4 heteroatoms. The van der Waals surface area contributed by atoms with E-state index in [9.17, 15) is 5.11 Å². The first-order chi connectivity index (χ1) is 7.81. The topological polar surface area (TPSA) is 72.3 Å². The summed E-state index contributed by atoms with van der Waals surface area (Å²) in [5.74, 6) is 1.10. The highest BCUT2D eigenvalue weighted by Gasteiger charge is 2.09. The molecule has 0 unspecified atom stereocenters. The van der Waals surface area contributed by atoms with E-state index in [1.54, 1.807) is 18.3 Å². The van der Waals surface area contributed by atoms with Gasteiger partial charge in [-0.25, -0.2) is 0 Å². The third-order valence-corrected chi connectivity index (χ3v) is 2.43. The Balaban J connectivity index is 2.26. The predicted octanol–water partition coefficient (Wildman–Crippen LogP) is 1.94. The number of hydrogen-bond acceptors (Lipinski definition) is 4. The number of aromatic hydroxyl groups is 1. The van der Waals surface area contributed by atoms with Crippen LogP contribution in [0.2, 0.25) is 0 Å². The van der Waals surface area contributed by atoms with Gasteiger partial charge in [-0.3, -0.25) is 0 Å². The molecule has 0 aliphatic heterocycles. The zero-order chi connectivity index (χ0) is 11.4. The van der Waals surface area contributed by atoms with Gasteiger partial charge in [-0.2, -0.15) is 0 Å². The summed E-state index contributed by atoms with van der Waals surface area (Å²) in [5.41, 5.74) is 7.42. The number of hydrogen-bond donors (Lipinski definition) is 2. The molecule has 84 valence electrons. The van der Waals surface area contributed by atoms with Gasteiger partial charge in [0.1, 0.15) is 11.5 Å². The van der Waals surface area contributed by atoms with Crippen LogP contribution in [0, 0.1) is 0 Å². The molecule has 16 heavy (non-hydrogen) atoms. The van der Waals surface area contributed by atoms with Crippen LogP contribution in [-0.4, -0.2) is 16.8 Å². The molecule has 3 N–H and O–H groups in total. The Morgan fingerprint density at radius 2 is 2.00 bits per heavy atom. The van der Waals surface area contributed by atoms with Crippen molar-refractivity contribution in [2.75, 3.05) is 6.54 Å². The van der Waals surface area contributed by atoms with E-state index >= 15 is 0 Å². The molecule has 0 aliphatic rings. The van der Waals surface area contributed by atoms with Crippen molar-refractivity contribution in [1.82, 2.24) is 5.16 Å². The van der Waals surface area contributed by atoms with Gasteiger partial charge in [0.15, 0.2) is 0 Å². The monoisotopic (exact) mass is 218 g/mol. The molecule has 1 aromatic heterocycles.